The quantitative estimate of drug-likeness (QED) is 0.315. The number of halogens is 1. The van der Waals surface area contributed by atoms with Gasteiger partial charge in [0.1, 0.15) is 12.2 Å². The Hall–Kier alpha value is -2.77. The molecule has 1 aliphatic rings. The van der Waals surface area contributed by atoms with Crippen LogP contribution >= 0.6 is 0 Å². The van der Waals surface area contributed by atoms with Gasteiger partial charge in [0.25, 0.3) is 5.69 Å². The highest BCUT2D eigenvalue weighted by molar-refractivity contribution is 6.02. The van der Waals surface area contributed by atoms with E-state index in [9.17, 15) is 14.9 Å². The molecule has 0 saturated carbocycles. The third-order valence-corrected chi connectivity index (χ3v) is 4.99. The smallest absolute Gasteiger partial charge is 0.338 e. The Morgan fingerprint density at radius 2 is 1.86 bits per heavy atom. The molecule has 1 aliphatic heterocycles. The third kappa shape index (κ3) is 3.76. The lowest BCUT2D eigenvalue weighted by molar-refractivity contribution is -0.384. The number of fused-ring (bicyclic) bond motifs is 1. The number of esters is 1. The lowest BCUT2D eigenvalue weighted by atomic mass is 10.1. The zero-order valence-corrected chi connectivity index (χ0v) is 16.8. The largest absolute Gasteiger partial charge is 1.00 e. The molecule has 0 fully saturated rings. The fourth-order valence-corrected chi connectivity index (χ4v) is 3.51. The lowest BCUT2D eigenvalue weighted by Crippen LogP contribution is -3.00. The molecule has 7 nitrogen and oxygen atoms in total. The van der Waals surface area contributed by atoms with Gasteiger partial charge in [0.15, 0.2) is 5.69 Å². The molecule has 0 saturated heterocycles. The first kappa shape index (κ1) is 21.5. The first-order valence-corrected chi connectivity index (χ1v) is 8.89. The summed E-state index contributed by atoms with van der Waals surface area (Å²) in [5.41, 5.74) is 3.33. The molecule has 0 N–H and O–H groups in total. The molecule has 0 amide bonds. The van der Waals surface area contributed by atoms with E-state index in [1.807, 2.05) is 13.0 Å². The number of amidine groups is 1. The summed E-state index contributed by atoms with van der Waals surface area (Å²) in [6.07, 6.45) is 0. The van der Waals surface area contributed by atoms with Crippen LogP contribution in [0.5, 0.6) is 0 Å². The Kier molecular flexibility index (Phi) is 6.53. The lowest BCUT2D eigenvalue weighted by Gasteiger charge is -2.33. The summed E-state index contributed by atoms with van der Waals surface area (Å²) >= 11 is 0. The number of ether oxygens (including phenoxy) is 1. The van der Waals surface area contributed by atoms with Gasteiger partial charge in [-0.2, -0.15) is 4.99 Å². The number of benzene rings is 2. The maximum absolute atomic E-state index is 12.0. The number of non-ortho nitro benzene ring substituents is 1. The molecule has 0 aromatic heterocycles. The van der Waals surface area contributed by atoms with Gasteiger partial charge in [-0.25, -0.2) is 9.28 Å². The van der Waals surface area contributed by atoms with Crippen molar-refractivity contribution in [2.75, 3.05) is 13.2 Å². The summed E-state index contributed by atoms with van der Waals surface area (Å²) < 4.78 is 5.60. The van der Waals surface area contributed by atoms with Gasteiger partial charge < -0.3 is 17.1 Å². The van der Waals surface area contributed by atoms with E-state index in [1.165, 1.54) is 12.1 Å². The van der Waals surface area contributed by atoms with E-state index in [4.69, 9.17) is 9.73 Å². The number of rotatable bonds is 6. The zero-order chi connectivity index (χ0) is 19.6. The molecule has 0 bridgehead atoms. The van der Waals surface area contributed by atoms with Crippen molar-refractivity contribution in [2.24, 2.45) is 4.99 Å². The highest BCUT2D eigenvalue weighted by atomic mass is 35.5. The average molecular weight is 404 g/mol. The minimum Gasteiger partial charge on any atom is -1.00 e. The number of quaternary nitrogens is 1. The summed E-state index contributed by atoms with van der Waals surface area (Å²) in [6.45, 7) is 7.56. The predicted octanol–water partition coefficient (Wildman–Crippen LogP) is 1.37. The number of carbonyl (C=O) groups is 1. The van der Waals surface area contributed by atoms with Crippen molar-refractivity contribution >= 4 is 28.9 Å². The summed E-state index contributed by atoms with van der Waals surface area (Å²) in [6, 6.07) is 12.1. The molecular weight excluding hydrogens is 382 g/mol. The number of nitro benzene ring substituents is 1. The van der Waals surface area contributed by atoms with Crippen LogP contribution in [0.4, 0.5) is 17.1 Å². The fourth-order valence-electron chi connectivity index (χ4n) is 3.51. The third-order valence-electron chi connectivity index (χ3n) is 4.99. The SMILES string of the molecule is CCOC(=O)c1ccc2c(c1)N=C(C)[N+]2(CC)Cc1ccc([N+](=O)[O-])cc1.[Cl-]. The van der Waals surface area contributed by atoms with E-state index in [2.05, 4.69) is 6.92 Å². The van der Waals surface area contributed by atoms with Crippen LogP contribution in [0.15, 0.2) is 47.5 Å². The van der Waals surface area contributed by atoms with Crippen LogP contribution < -0.4 is 16.9 Å². The molecule has 28 heavy (non-hydrogen) atoms. The van der Waals surface area contributed by atoms with E-state index in [0.29, 0.717) is 23.2 Å². The van der Waals surface area contributed by atoms with Crippen LogP contribution in [0.2, 0.25) is 0 Å². The molecule has 1 unspecified atom stereocenters. The van der Waals surface area contributed by atoms with Crippen LogP contribution in [-0.4, -0.2) is 29.9 Å². The van der Waals surface area contributed by atoms with Gasteiger partial charge in [-0.3, -0.25) is 10.1 Å². The number of hydrogen-bond acceptors (Lipinski definition) is 5. The topological polar surface area (TPSA) is 81.8 Å². The number of carbonyl (C=O) groups excluding carboxylic acids is 1. The van der Waals surface area contributed by atoms with Crippen LogP contribution in [0.3, 0.4) is 0 Å². The van der Waals surface area contributed by atoms with Crippen molar-refractivity contribution in [2.45, 2.75) is 27.3 Å². The van der Waals surface area contributed by atoms with Gasteiger partial charge >= 0.3 is 5.97 Å². The number of nitro groups is 1. The molecule has 0 aliphatic carbocycles. The van der Waals surface area contributed by atoms with Crippen molar-refractivity contribution in [1.82, 2.24) is 4.48 Å². The molecular formula is C20H22ClN3O4. The summed E-state index contributed by atoms with van der Waals surface area (Å²) in [5.74, 6) is 0.567. The molecule has 0 radical (unpaired) electrons. The average Bonchev–Trinajstić information content (AvgIpc) is 2.93. The fraction of sp³-hybridized carbons (Fsp3) is 0.300. The summed E-state index contributed by atoms with van der Waals surface area (Å²) in [7, 11) is 0. The zero-order valence-electron chi connectivity index (χ0n) is 16.0. The van der Waals surface area contributed by atoms with E-state index in [0.717, 1.165) is 29.3 Å². The normalized spacial score (nSPS) is 17.3. The first-order valence-electron chi connectivity index (χ1n) is 8.89. The van der Waals surface area contributed by atoms with Crippen LogP contribution in [0, 0.1) is 10.1 Å². The Bertz CT molecular complexity index is 928. The van der Waals surface area contributed by atoms with Crippen LogP contribution in [-0.2, 0) is 11.3 Å². The first-order chi connectivity index (χ1) is 12.9. The predicted molar refractivity (Wildman–Crippen MR) is 104 cm³/mol. The van der Waals surface area contributed by atoms with E-state index < -0.39 is 4.92 Å². The number of aliphatic imine (C=N–C) groups is 1. The maximum Gasteiger partial charge on any atom is 0.338 e. The van der Waals surface area contributed by atoms with Crippen LogP contribution in [0.25, 0.3) is 0 Å². The molecule has 148 valence electrons. The molecule has 3 rings (SSSR count). The monoisotopic (exact) mass is 403 g/mol. The van der Waals surface area contributed by atoms with Crippen molar-refractivity contribution in [3.8, 4) is 0 Å². The highest BCUT2D eigenvalue weighted by Gasteiger charge is 2.40. The molecule has 2 aromatic rings. The second-order valence-electron chi connectivity index (χ2n) is 6.45. The summed E-state index contributed by atoms with van der Waals surface area (Å²) in [4.78, 5) is 27.2. The summed E-state index contributed by atoms with van der Waals surface area (Å²) in [5, 5.41) is 10.9. The van der Waals surface area contributed by atoms with Gasteiger partial charge in [0, 0.05) is 30.7 Å². The van der Waals surface area contributed by atoms with E-state index in [1.54, 1.807) is 31.2 Å². The molecule has 1 atom stereocenters. The standard InChI is InChI=1S/C20H22N3O4.ClH/c1-4-23(13-15-6-9-17(10-7-15)22(25)26)14(3)21-18-12-16(8-11-19(18)23)20(24)27-5-2;/h6-12H,4-5,13H2,1-3H3;1H/q+1;/p-1. The van der Waals surface area contributed by atoms with Gasteiger partial charge in [-0.1, -0.05) is 0 Å². The van der Waals surface area contributed by atoms with Gasteiger partial charge in [-0.15, -0.1) is 0 Å². The molecule has 2 aromatic carbocycles. The minimum absolute atomic E-state index is 0. The Balaban J connectivity index is 0.00000280. The minimum atomic E-state index is -0.400. The second-order valence-corrected chi connectivity index (χ2v) is 6.45. The van der Waals surface area contributed by atoms with Gasteiger partial charge in [-0.05, 0) is 38.1 Å². The van der Waals surface area contributed by atoms with Crippen molar-refractivity contribution in [3.63, 3.8) is 0 Å². The number of hydrogen-bond donors (Lipinski definition) is 0. The Morgan fingerprint density at radius 3 is 2.43 bits per heavy atom. The molecule has 8 heteroatoms. The van der Waals surface area contributed by atoms with Crippen molar-refractivity contribution < 1.29 is 26.9 Å². The van der Waals surface area contributed by atoms with Gasteiger partial charge in [0.2, 0.25) is 5.84 Å². The second kappa shape index (κ2) is 8.50. The van der Waals surface area contributed by atoms with E-state index in [-0.39, 0.29) is 24.1 Å². The Morgan fingerprint density at radius 1 is 1.18 bits per heavy atom. The Labute approximate surface area is 169 Å². The van der Waals surface area contributed by atoms with Crippen LogP contribution in [0.1, 0.15) is 36.7 Å². The maximum atomic E-state index is 12.0. The highest BCUT2D eigenvalue weighted by Crippen LogP contribution is 2.42. The molecule has 1 heterocycles. The number of nitrogens with zero attached hydrogens (tertiary/aromatic N) is 3. The van der Waals surface area contributed by atoms with Gasteiger partial charge in [0.05, 0.1) is 23.6 Å². The molecule has 0 spiro atoms. The van der Waals surface area contributed by atoms with Crippen molar-refractivity contribution in [3.05, 3.63) is 63.7 Å². The van der Waals surface area contributed by atoms with E-state index >= 15 is 0 Å². The van der Waals surface area contributed by atoms with Crippen molar-refractivity contribution in [1.29, 1.82) is 0 Å².